The van der Waals surface area contributed by atoms with Crippen molar-refractivity contribution in [2.75, 3.05) is 13.7 Å². The molecule has 4 aliphatic rings. The van der Waals surface area contributed by atoms with Crippen LogP contribution < -0.4 is 9.47 Å². The first kappa shape index (κ1) is 26.1. The summed E-state index contributed by atoms with van der Waals surface area (Å²) in [5, 5.41) is 0. The van der Waals surface area contributed by atoms with Crippen LogP contribution in [0.5, 0.6) is 11.5 Å². The molecule has 6 heteroatoms. The van der Waals surface area contributed by atoms with E-state index in [4.69, 9.17) is 9.47 Å². The van der Waals surface area contributed by atoms with E-state index in [0.29, 0.717) is 24.4 Å². The van der Waals surface area contributed by atoms with Crippen molar-refractivity contribution in [3.8, 4) is 11.5 Å². The van der Waals surface area contributed by atoms with Crippen LogP contribution in [-0.2, 0) is 16.1 Å². The molecule has 6 nitrogen and oxygen atoms in total. The van der Waals surface area contributed by atoms with Gasteiger partial charge in [-0.3, -0.25) is 9.59 Å². The first-order valence-electron chi connectivity index (χ1n) is 14.5. The van der Waals surface area contributed by atoms with Crippen molar-refractivity contribution in [3.05, 3.63) is 59.7 Å². The van der Waals surface area contributed by atoms with Crippen molar-refractivity contribution in [2.24, 2.45) is 28.6 Å². The number of carbonyl (C=O) groups excluding carboxylic acids is 2. The maximum absolute atomic E-state index is 13.2. The lowest BCUT2D eigenvalue weighted by Crippen LogP contribution is -2.52. The van der Waals surface area contributed by atoms with Crippen molar-refractivity contribution in [1.29, 1.82) is 0 Å². The fourth-order valence-corrected chi connectivity index (χ4v) is 8.39. The molecule has 0 radical (unpaired) electrons. The highest BCUT2D eigenvalue weighted by Crippen LogP contribution is 2.65. The number of ether oxygens (including phenoxy) is 2. The molecular weight excluding hydrogens is 488 g/mol. The summed E-state index contributed by atoms with van der Waals surface area (Å²) in [7, 11) is 1.70. The minimum Gasteiger partial charge on any atom is -0.493 e. The number of methoxy groups -OCH3 is 1. The molecule has 3 saturated carbocycles. The number of imidazole rings is 1. The summed E-state index contributed by atoms with van der Waals surface area (Å²) in [6, 6.07) is 6.24. The third-order valence-electron chi connectivity index (χ3n) is 10.4. The van der Waals surface area contributed by atoms with Crippen LogP contribution in [0.4, 0.5) is 0 Å². The van der Waals surface area contributed by atoms with E-state index in [1.165, 1.54) is 5.57 Å². The average molecular weight is 529 g/mol. The molecule has 3 fully saturated rings. The van der Waals surface area contributed by atoms with E-state index in [2.05, 4.69) is 41.6 Å². The van der Waals surface area contributed by atoms with Gasteiger partial charge in [-0.25, -0.2) is 4.98 Å². The van der Waals surface area contributed by atoms with E-state index in [0.717, 1.165) is 74.1 Å². The minimum atomic E-state index is -0.438. The van der Waals surface area contributed by atoms with E-state index in [1.54, 1.807) is 13.3 Å². The Bertz CT molecular complexity index is 1330. The number of nitrogens with zero attached hydrogens (tertiary/aromatic N) is 2. The number of hydrogen-bond acceptors (Lipinski definition) is 5. The Morgan fingerprint density at radius 3 is 2.82 bits per heavy atom. The SMILES string of the molecule is COc1cc(C=C2C[C@H]3[C@@H]4CCC5=CC(=O)CC(=O)[C@]5(C)[C@@H]4CC[C@]3(C)C2)ccc1OCCCn1ccnc1. The van der Waals surface area contributed by atoms with Gasteiger partial charge in [0.1, 0.15) is 0 Å². The number of aryl methyl sites for hydroxylation is 1. The fourth-order valence-electron chi connectivity index (χ4n) is 8.39. The molecule has 1 heterocycles. The van der Waals surface area contributed by atoms with Gasteiger partial charge in [-0.05, 0) is 98.8 Å². The molecule has 0 saturated heterocycles. The number of carbonyl (C=O) groups is 2. The number of benzene rings is 1. The molecule has 0 spiro atoms. The molecule has 2 aromatic rings. The van der Waals surface area contributed by atoms with E-state index in [1.807, 2.05) is 24.7 Å². The van der Waals surface area contributed by atoms with E-state index < -0.39 is 5.41 Å². The van der Waals surface area contributed by atoms with Crippen molar-refractivity contribution >= 4 is 17.6 Å². The molecule has 0 N–H and O–H groups in total. The summed E-state index contributed by atoms with van der Waals surface area (Å²) in [6.45, 7) is 6.10. The van der Waals surface area contributed by atoms with Crippen molar-refractivity contribution in [1.82, 2.24) is 9.55 Å². The Kier molecular flexibility index (Phi) is 6.76. The Morgan fingerprint density at radius 2 is 2.03 bits per heavy atom. The van der Waals surface area contributed by atoms with Crippen molar-refractivity contribution < 1.29 is 19.1 Å². The first-order valence-corrected chi connectivity index (χ1v) is 14.5. The first-order chi connectivity index (χ1) is 18.8. The van der Waals surface area contributed by atoms with Gasteiger partial charge in [-0.2, -0.15) is 0 Å². The molecule has 0 amide bonds. The second-order valence-electron chi connectivity index (χ2n) is 12.6. The Balaban J connectivity index is 1.16. The number of hydrogen-bond donors (Lipinski definition) is 0. The zero-order valence-electron chi connectivity index (χ0n) is 23.4. The Labute approximate surface area is 231 Å². The van der Waals surface area contributed by atoms with Gasteiger partial charge in [0.25, 0.3) is 0 Å². The molecule has 1 aromatic heterocycles. The molecular formula is C33H40N2O4. The molecule has 5 atom stereocenters. The van der Waals surface area contributed by atoms with Crippen LogP contribution in [-0.4, -0.2) is 34.8 Å². The van der Waals surface area contributed by atoms with Crippen LogP contribution in [0.3, 0.4) is 0 Å². The second kappa shape index (κ2) is 10.1. The highest BCUT2D eigenvalue weighted by molar-refractivity contribution is 6.11. The lowest BCUT2D eigenvalue weighted by molar-refractivity contribution is -0.139. The minimum absolute atomic E-state index is 0.000938. The van der Waals surface area contributed by atoms with Gasteiger partial charge < -0.3 is 14.0 Å². The van der Waals surface area contributed by atoms with Crippen LogP contribution >= 0.6 is 0 Å². The largest absolute Gasteiger partial charge is 0.493 e. The molecule has 6 rings (SSSR count). The molecule has 4 aliphatic carbocycles. The molecule has 0 bridgehead atoms. The van der Waals surface area contributed by atoms with Gasteiger partial charge in [0, 0.05) is 18.9 Å². The quantitative estimate of drug-likeness (QED) is 0.305. The van der Waals surface area contributed by atoms with Crippen molar-refractivity contribution in [2.45, 2.75) is 71.8 Å². The zero-order chi connectivity index (χ0) is 27.2. The zero-order valence-corrected chi connectivity index (χ0v) is 23.4. The number of fused-ring (bicyclic) bond motifs is 5. The molecule has 39 heavy (non-hydrogen) atoms. The number of aromatic nitrogens is 2. The van der Waals surface area contributed by atoms with Crippen LogP contribution in [0.25, 0.3) is 6.08 Å². The van der Waals surface area contributed by atoms with Gasteiger partial charge in [0.15, 0.2) is 23.1 Å². The number of rotatable bonds is 7. The van der Waals surface area contributed by atoms with Crippen LogP contribution in [0.15, 0.2) is 54.1 Å². The monoisotopic (exact) mass is 528 g/mol. The van der Waals surface area contributed by atoms with Gasteiger partial charge >= 0.3 is 0 Å². The van der Waals surface area contributed by atoms with Gasteiger partial charge in [-0.15, -0.1) is 0 Å². The second-order valence-corrected chi connectivity index (χ2v) is 12.6. The van der Waals surface area contributed by atoms with Crippen LogP contribution in [0.2, 0.25) is 0 Å². The third kappa shape index (κ3) is 4.66. The van der Waals surface area contributed by atoms with Crippen LogP contribution in [0.1, 0.15) is 70.8 Å². The van der Waals surface area contributed by atoms with E-state index in [-0.39, 0.29) is 23.4 Å². The smallest absolute Gasteiger partial charge is 0.163 e. The topological polar surface area (TPSA) is 70.4 Å². The molecule has 206 valence electrons. The number of allylic oxidation sites excluding steroid dienone is 2. The average Bonchev–Trinajstić information content (AvgIpc) is 3.55. The van der Waals surface area contributed by atoms with Crippen LogP contribution in [0, 0.1) is 28.6 Å². The fraction of sp³-hybridized carbons (Fsp3) is 0.545. The molecule has 0 unspecified atom stereocenters. The van der Waals surface area contributed by atoms with E-state index >= 15 is 0 Å². The lowest BCUT2D eigenvalue weighted by atomic mass is 9.47. The summed E-state index contributed by atoms with van der Waals surface area (Å²) in [5.41, 5.74) is 3.59. The van der Waals surface area contributed by atoms with Crippen molar-refractivity contribution in [3.63, 3.8) is 0 Å². The van der Waals surface area contributed by atoms with Gasteiger partial charge in [0.05, 0.1) is 31.9 Å². The maximum Gasteiger partial charge on any atom is 0.163 e. The Morgan fingerprint density at radius 1 is 1.15 bits per heavy atom. The van der Waals surface area contributed by atoms with Gasteiger partial charge in [-0.1, -0.05) is 30.2 Å². The normalized spacial score (nSPS) is 32.8. The summed E-state index contributed by atoms with van der Waals surface area (Å²) >= 11 is 0. The summed E-state index contributed by atoms with van der Waals surface area (Å²) in [4.78, 5) is 29.4. The summed E-state index contributed by atoms with van der Waals surface area (Å²) < 4.78 is 13.8. The standard InChI is InChI=1S/C33H40N2O4/c1-32-10-9-27-26(7-6-24-18-25(36)19-31(37)33(24,27)2)28(32)16-23(20-32)15-22-5-8-29(30(17-22)38-3)39-14-4-12-35-13-11-34-21-35/h5,8,11,13,15,17-18,21,26-28H,4,6-7,9-10,12,14,16,19-20H2,1-3H3/t26-,27-,28+,32-,33+/m1/s1. The summed E-state index contributed by atoms with van der Waals surface area (Å²) in [6.07, 6.45) is 17.1. The summed E-state index contributed by atoms with van der Waals surface area (Å²) in [5.74, 6) is 3.19. The Hall–Kier alpha value is -3.15. The number of Topliss-reactive ketones (excluding diaryl/α,β-unsaturated/α-hetero) is 1. The third-order valence-corrected chi connectivity index (χ3v) is 10.4. The van der Waals surface area contributed by atoms with Gasteiger partial charge in [0.2, 0.25) is 0 Å². The highest BCUT2D eigenvalue weighted by Gasteiger charge is 2.59. The highest BCUT2D eigenvalue weighted by atomic mass is 16.5. The molecule has 0 aliphatic heterocycles. The molecule has 1 aromatic carbocycles. The predicted molar refractivity (Wildman–Crippen MR) is 150 cm³/mol. The maximum atomic E-state index is 13.2. The number of ketones is 2. The van der Waals surface area contributed by atoms with E-state index in [9.17, 15) is 9.59 Å². The lowest BCUT2D eigenvalue weighted by Gasteiger charge is -2.56. The predicted octanol–water partition coefficient (Wildman–Crippen LogP) is 6.46.